The number of ether oxygens (including phenoxy) is 1. The zero-order chi connectivity index (χ0) is 13.7. The number of Topliss-reactive ketones (excluding diaryl/α,β-unsaturated/α-hetero) is 2. The van der Waals surface area contributed by atoms with Crippen LogP contribution in [-0.4, -0.2) is 23.6 Å². The molecule has 0 aromatic rings. The van der Waals surface area contributed by atoms with Crippen molar-refractivity contribution < 1.29 is 19.1 Å². The first-order chi connectivity index (χ1) is 8.40. The van der Waals surface area contributed by atoms with Crippen molar-refractivity contribution in [1.82, 2.24) is 0 Å². The highest BCUT2D eigenvalue weighted by molar-refractivity contribution is 5.78. The van der Waals surface area contributed by atoms with Crippen LogP contribution in [0, 0.1) is 5.92 Å². The molecule has 0 aliphatic carbocycles. The van der Waals surface area contributed by atoms with Crippen LogP contribution in [0.1, 0.15) is 46.0 Å². The van der Waals surface area contributed by atoms with Gasteiger partial charge in [-0.3, -0.25) is 4.79 Å². The maximum Gasteiger partial charge on any atom is 0.309 e. The predicted octanol–water partition coefficient (Wildman–Crippen LogP) is 2.21. The van der Waals surface area contributed by atoms with Crippen LogP contribution in [0.15, 0.2) is 12.2 Å². The van der Waals surface area contributed by atoms with Gasteiger partial charge in [-0.05, 0) is 32.3 Å². The maximum atomic E-state index is 11.6. The lowest BCUT2D eigenvalue weighted by atomic mass is 9.94. The molecule has 0 aromatic carbocycles. The third kappa shape index (κ3) is 4.43. The van der Waals surface area contributed by atoms with Gasteiger partial charge < -0.3 is 14.3 Å². The summed E-state index contributed by atoms with van der Waals surface area (Å²) in [4.78, 5) is 33.4. The summed E-state index contributed by atoms with van der Waals surface area (Å²) >= 11 is 0. The summed E-state index contributed by atoms with van der Waals surface area (Å²) in [6.07, 6.45) is 2.26. The smallest absolute Gasteiger partial charge is 0.309 e. The normalized spacial score (nSPS) is 22.7. The molecule has 2 atom stereocenters. The van der Waals surface area contributed by atoms with E-state index in [1.165, 1.54) is 13.8 Å². The van der Waals surface area contributed by atoms with Crippen LogP contribution in [0.4, 0.5) is 0 Å². The Bertz CT molecular complexity index is 370. The Balaban J connectivity index is 2.42. The van der Waals surface area contributed by atoms with E-state index in [2.05, 4.69) is 6.58 Å². The molecule has 0 bridgehead atoms. The van der Waals surface area contributed by atoms with Gasteiger partial charge >= 0.3 is 5.97 Å². The van der Waals surface area contributed by atoms with E-state index in [1.54, 1.807) is 0 Å². The minimum atomic E-state index is -0.284. The van der Waals surface area contributed by atoms with E-state index < -0.39 is 0 Å². The molecule has 0 amide bonds. The standard InChI is InChI=1S/C14H20O4/c1-9(4-5-10(2)15)13-8-12(14(17)18-13)7-6-11(3)16/h12-13H,1,4-8H2,2-3H3. The summed E-state index contributed by atoms with van der Waals surface area (Å²) in [6.45, 7) is 6.93. The van der Waals surface area contributed by atoms with Crippen molar-refractivity contribution in [3.8, 4) is 0 Å². The predicted molar refractivity (Wildman–Crippen MR) is 67.0 cm³/mol. The molecule has 0 N–H and O–H groups in total. The first kappa shape index (κ1) is 14.6. The zero-order valence-corrected chi connectivity index (χ0v) is 11.0. The average Bonchev–Trinajstić information content (AvgIpc) is 2.65. The molecule has 0 radical (unpaired) electrons. The van der Waals surface area contributed by atoms with Gasteiger partial charge in [-0.25, -0.2) is 0 Å². The van der Waals surface area contributed by atoms with Crippen molar-refractivity contribution in [3.63, 3.8) is 0 Å². The average molecular weight is 252 g/mol. The first-order valence-corrected chi connectivity index (χ1v) is 6.27. The monoisotopic (exact) mass is 252 g/mol. The van der Waals surface area contributed by atoms with Crippen LogP contribution in [0.2, 0.25) is 0 Å². The summed E-state index contributed by atoms with van der Waals surface area (Å²) in [5, 5.41) is 0. The van der Waals surface area contributed by atoms with Gasteiger partial charge in [0.25, 0.3) is 0 Å². The summed E-state index contributed by atoms with van der Waals surface area (Å²) in [5.41, 5.74) is 0.795. The van der Waals surface area contributed by atoms with E-state index in [0.717, 1.165) is 5.57 Å². The number of ketones is 2. The molecule has 1 heterocycles. The number of carbonyl (C=O) groups is 3. The van der Waals surface area contributed by atoms with Crippen molar-refractivity contribution in [2.24, 2.45) is 5.92 Å². The molecular weight excluding hydrogens is 232 g/mol. The molecule has 0 aromatic heterocycles. The number of hydrogen-bond acceptors (Lipinski definition) is 4. The lowest BCUT2D eigenvalue weighted by Crippen LogP contribution is -2.10. The zero-order valence-electron chi connectivity index (χ0n) is 11.0. The Labute approximate surface area is 107 Å². The largest absolute Gasteiger partial charge is 0.458 e. The number of hydrogen-bond donors (Lipinski definition) is 0. The van der Waals surface area contributed by atoms with Crippen molar-refractivity contribution in [2.75, 3.05) is 0 Å². The van der Waals surface area contributed by atoms with Gasteiger partial charge in [-0.2, -0.15) is 0 Å². The van der Waals surface area contributed by atoms with Gasteiger partial charge in [-0.1, -0.05) is 6.58 Å². The van der Waals surface area contributed by atoms with Gasteiger partial charge in [0.05, 0.1) is 5.92 Å². The SMILES string of the molecule is C=C(CCC(C)=O)C1CC(CCC(C)=O)C(=O)O1. The van der Waals surface area contributed by atoms with E-state index >= 15 is 0 Å². The third-order valence-electron chi connectivity index (χ3n) is 3.19. The van der Waals surface area contributed by atoms with Crippen LogP contribution >= 0.6 is 0 Å². The maximum absolute atomic E-state index is 11.6. The summed E-state index contributed by atoms with van der Waals surface area (Å²) in [7, 11) is 0. The third-order valence-corrected chi connectivity index (χ3v) is 3.19. The Morgan fingerprint density at radius 3 is 2.39 bits per heavy atom. The molecule has 0 spiro atoms. The fourth-order valence-corrected chi connectivity index (χ4v) is 2.00. The van der Waals surface area contributed by atoms with E-state index in [4.69, 9.17) is 4.74 Å². The van der Waals surface area contributed by atoms with Gasteiger partial charge in [0.2, 0.25) is 0 Å². The first-order valence-electron chi connectivity index (χ1n) is 6.27. The van der Waals surface area contributed by atoms with E-state index in [9.17, 15) is 14.4 Å². The van der Waals surface area contributed by atoms with Crippen LogP contribution in [0.3, 0.4) is 0 Å². The van der Waals surface area contributed by atoms with Gasteiger partial charge in [-0.15, -0.1) is 0 Å². The molecule has 4 heteroatoms. The second-order valence-electron chi connectivity index (χ2n) is 4.96. The lowest BCUT2D eigenvalue weighted by molar-refractivity contribution is -0.143. The highest BCUT2D eigenvalue weighted by Gasteiger charge is 2.35. The van der Waals surface area contributed by atoms with Crippen LogP contribution < -0.4 is 0 Å². The number of cyclic esters (lactones) is 1. The van der Waals surface area contributed by atoms with Gasteiger partial charge in [0, 0.05) is 19.3 Å². The quantitative estimate of drug-likeness (QED) is 0.515. The molecule has 1 rings (SSSR count). The molecule has 1 aliphatic rings. The molecule has 18 heavy (non-hydrogen) atoms. The van der Waals surface area contributed by atoms with Gasteiger partial charge in [0.15, 0.2) is 0 Å². The molecule has 4 nitrogen and oxygen atoms in total. The fourth-order valence-electron chi connectivity index (χ4n) is 2.00. The van der Waals surface area contributed by atoms with Crippen molar-refractivity contribution >= 4 is 17.5 Å². The topological polar surface area (TPSA) is 60.4 Å². The van der Waals surface area contributed by atoms with Gasteiger partial charge in [0.1, 0.15) is 17.7 Å². The Morgan fingerprint density at radius 1 is 1.22 bits per heavy atom. The Morgan fingerprint density at radius 2 is 1.83 bits per heavy atom. The second kappa shape index (κ2) is 6.47. The second-order valence-corrected chi connectivity index (χ2v) is 4.96. The van der Waals surface area contributed by atoms with Crippen LogP contribution in [0.5, 0.6) is 0 Å². The molecule has 1 saturated heterocycles. The van der Waals surface area contributed by atoms with Crippen molar-refractivity contribution in [2.45, 2.75) is 52.1 Å². The summed E-state index contributed by atoms with van der Waals surface area (Å²) in [5.74, 6) is -0.256. The molecular formula is C14H20O4. The van der Waals surface area contributed by atoms with Crippen LogP contribution in [-0.2, 0) is 19.1 Å². The minimum Gasteiger partial charge on any atom is -0.458 e. The highest BCUT2D eigenvalue weighted by atomic mass is 16.6. The summed E-state index contributed by atoms with van der Waals surface area (Å²) < 4.78 is 5.24. The molecule has 0 saturated carbocycles. The molecule has 1 aliphatic heterocycles. The lowest BCUT2D eigenvalue weighted by Gasteiger charge is -2.11. The number of carbonyl (C=O) groups excluding carboxylic acids is 3. The highest BCUT2D eigenvalue weighted by Crippen LogP contribution is 2.30. The van der Waals surface area contributed by atoms with E-state index in [0.29, 0.717) is 32.1 Å². The number of esters is 1. The van der Waals surface area contributed by atoms with E-state index in [-0.39, 0.29) is 29.6 Å². The van der Waals surface area contributed by atoms with Crippen molar-refractivity contribution in [3.05, 3.63) is 12.2 Å². The molecule has 1 fully saturated rings. The Kier molecular flexibility index (Phi) is 5.25. The van der Waals surface area contributed by atoms with Crippen molar-refractivity contribution in [1.29, 1.82) is 0 Å². The fraction of sp³-hybridized carbons (Fsp3) is 0.643. The summed E-state index contributed by atoms with van der Waals surface area (Å²) in [6, 6.07) is 0. The van der Waals surface area contributed by atoms with E-state index in [1.807, 2.05) is 0 Å². The Hall–Kier alpha value is -1.45. The minimum absolute atomic E-state index is 0.0849. The van der Waals surface area contributed by atoms with Crippen LogP contribution in [0.25, 0.3) is 0 Å². The number of rotatable bonds is 7. The molecule has 100 valence electrons. The molecule has 2 unspecified atom stereocenters.